The Bertz CT molecular complexity index is 906. The second kappa shape index (κ2) is 7.00. The number of hydrogen-bond acceptors (Lipinski definition) is 6. The predicted molar refractivity (Wildman–Crippen MR) is 93.2 cm³/mol. The highest BCUT2D eigenvalue weighted by Gasteiger charge is 2.10. The third-order valence-electron chi connectivity index (χ3n) is 3.48. The van der Waals surface area contributed by atoms with E-state index in [-0.39, 0.29) is 5.91 Å². The standard InChI is InChI=1S/C17H18N6O2/c1-11-4-5-12(16(24)18-2)8-14(11)25-15-6-7-19-17(22-15)21-13-9-20-23(3)10-13/h4-10H,1-3H3,(H,18,24)(H,19,21,22). The highest BCUT2D eigenvalue weighted by atomic mass is 16.5. The van der Waals surface area contributed by atoms with Crippen LogP contribution in [0.2, 0.25) is 0 Å². The van der Waals surface area contributed by atoms with Crippen LogP contribution in [0.3, 0.4) is 0 Å². The second-order valence-corrected chi connectivity index (χ2v) is 5.41. The lowest BCUT2D eigenvalue weighted by molar-refractivity contribution is 0.0962. The van der Waals surface area contributed by atoms with Crippen molar-refractivity contribution in [1.29, 1.82) is 0 Å². The Balaban J connectivity index is 1.81. The molecule has 0 aliphatic carbocycles. The fourth-order valence-electron chi connectivity index (χ4n) is 2.18. The Morgan fingerprint density at radius 3 is 2.84 bits per heavy atom. The maximum atomic E-state index is 11.8. The molecule has 0 saturated heterocycles. The molecule has 0 fully saturated rings. The summed E-state index contributed by atoms with van der Waals surface area (Å²) in [6, 6.07) is 6.91. The van der Waals surface area contributed by atoms with Gasteiger partial charge in [0.15, 0.2) is 0 Å². The second-order valence-electron chi connectivity index (χ2n) is 5.41. The van der Waals surface area contributed by atoms with Gasteiger partial charge in [0.2, 0.25) is 11.8 Å². The minimum atomic E-state index is -0.175. The first kappa shape index (κ1) is 16.4. The van der Waals surface area contributed by atoms with E-state index in [0.29, 0.717) is 23.1 Å². The minimum Gasteiger partial charge on any atom is -0.439 e. The molecule has 3 rings (SSSR count). The van der Waals surface area contributed by atoms with Gasteiger partial charge in [-0.15, -0.1) is 0 Å². The van der Waals surface area contributed by atoms with Crippen molar-refractivity contribution < 1.29 is 9.53 Å². The van der Waals surface area contributed by atoms with Gasteiger partial charge in [-0.1, -0.05) is 6.07 Å². The van der Waals surface area contributed by atoms with Crippen LogP contribution in [0.15, 0.2) is 42.9 Å². The number of anilines is 2. The molecule has 128 valence electrons. The monoisotopic (exact) mass is 338 g/mol. The van der Waals surface area contributed by atoms with Crippen molar-refractivity contribution in [3.05, 3.63) is 54.0 Å². The maximum absolute atomic E-state index is 11.8. The van der Waals surface area contributed by atoms with Gasteiger partial charge in [0.25, 0.3) is 5.91 Å². The molecular weight excluding hydrogens is 320 g/mol. The fourth-order valence-corrected chi connectivity index (χ4v) is 2.18. The fraction of sp³-hybridized carbons (Fsp3) is 0.176. The van der Waals surface area contributed by atoms with Crippen LogP contribution in [0.25, 0.3) is 0 Å². The lowest BCUT2D eigenvalue weighted by atomic mass is 10.1. The zero-order chi connectivity index (χ0) is 17.8. The highest BCUT2D eigenvalue weighted by Crippen LogP contribution is 2.25. The van der Waals surface area contributed by atoms with E-state index < -0.39 is 0 Å². The molecule has 0 aliphatic rings. The first-order valence-electron chi connectivity index (χ1n) is 7.64. The van der Waals surface area contributed by atoms with Crippen molar-refractivity contribution in [3.63, 3.8) is 0 Å². The largest absolute Gasteiger partial charge is 0.439 e. The number of rotatable bonds is 5. The van der Waals surface area contributed by atoms with E-state index in [2.05, 4.69) is 25.7 Å². The summed E-state index contributed by atoms with van der Waals surface area (Å²) in [5.74, 6) is 1.16. The molecule has 0 aliphatic heterocycles. The minimum absolute atomic E-state index is 0.175. The van der Waals surface area contributed by atoms with Crippen molar-refractivity contribution in [2.75, 3.05) is 12.4 Å². The molecular formula is C17H18N6O2. The van der Waals surface area contributed by atoms with Crippen molar-refractivity contribution in [2.45, 2.75) is 6.92 Å². The summed E-state index contributed by atoms with van der Waals surface area (Å²) in [6.07, 6.45) is 5.08. The number of aryl methyl sites for hydroxylation is 2. The summed E-state index contributed by atoms with van der Waals surface area (Å²) in [6.45, 7) is 1.90. The highest BCUT2D eigenvalue weighted by molar-refractivity contribution is 5.94. The van der Waals surface area contributed by atoms with Crippen molar-refractivity contribution >= 4 is 17.5 Å². The van der Waals surface area contributed by atoms with Crippen molar-refractivity contribution in [1.82, 2.24) is 25.1 Å². The molecule has 0 atom stereocenters. The summed E-state index contributed by atoms with van der Waals surface area (Å²) in [7, 11) is 3.41. The van der Waals surface area contributed by atoms with Crippen LogP contribution in [0, 0.1) is 6.92 Å². The number of carbonyl (C=O) groups is 1. The van der Waals surface area contributed by atoms with E-state index in [1.165, 1.54) is 0 Å². The molecule has 2 heterocycles. The number of aromatic nitrogens is 4. The van der Waals surface area contributed by atoms with E-state index in [1.807, 2.05) is 26.2 Å². The number of benzene rings is 1. The van der Waals surface area contributed by atoms with Crippen LogP contribution in [-0.4, -0.2) is 32.7 Å². The Hall–Kier alpha value is -3.42. The quantitative estimate of drug-likeness (QED) is 0.742. The molecule has 25 heavy (non-hydrogen) atoms. The molecule has 2 aromatic heterocycles. The van der Waals surface area contributed by atoms with E-state index in [4.69, 9.17) is 4.74 Å². The van der Waals surface area contributed by atoms with Gasteiger partial charge in [0.1, 0.15) is 5.75 Å². The van der Waals surface area contributed by atoms with Gasteiger partial charge in [0, 0.05) is 38.1 Å². The Kier molecular flexibility index (Phi) is 4.60. The summed E-state index contributed by atoms with van der Waals surface area (Å²) >= 11 is 0. The number of carbonyl (C=O) groups excluding carboxylic acids is 1. The normalized spacial score (nSPS) is 10.4. The van der Waals surface area contributed by atoms with Crippen LogP contribution < -0.4 is 15.4 Å². The van der Waals surface area contributed by atoms with Gasteiger partial charge in [-0.3, -0.25) is 9.48 Å². The van der Waals surface area contributed by atoms with E-state index >= 15 is 0 Å². The summed E-state index contributed by atoms with van der Waals surface area (Å²) < 4.78 is 7.51. The van der Waals surface area contributed by atoms with E-state index in [0.717, 1.165) is 11.3 Å². The number of ether oxygens (including phenoxy) is 1. The van der Waals surface area contributed by atoms with Gasteiger partial charge < -0.3 is 15.4 Å². The third-order valence-corrected chi connectivity index (χ3v) is 3.48. The maximum Gasteiger partial charge on any atom is 0.251 e. The molecule has 0 radical (unpaired) electrons. The lowest BCUT2D eigenvalue weighted by Gasteiger charge is -2.10. The molecule has 3 aromatic rings. The number of amides is 1. The summed E-state index contributed by atoms with van der Waals surface area (Å²) in [4.78, 5) is 20.3. The average molecular weight is 338 g/mol. The summed E-state index contributed by atoms with van der Waals surface area (Å²) in [5.41, 5.74) is 2.19. The molecule has 8 nitrogen and oxygen atoms in total. The van der Waals surface area contributed by atoms with Gasteiger partial charge in [-0.05, 0) is 24.6 Å². The van der Waals surface area contributed by atoms with E-state index in [9.17, 15) is 4.79 Å². The molecule has 8 heteroatoms. The molecule has 0 unspecified atom stereocenters. The zero-order valence-corrected chi connectivity index (χ0v) is 14.1. The summed E-state index contributed by atoms with van der Waals surface area (Å²) in [5, 5.41) is 9.73. The van der Waals surface area contributed by atoms with Crippen LogP contribution in [-0.2, 0) is 7.05 Å². The number of nitrogens with one attached hydrogen (secondary N) is 2. The molecule has 0 saturated carbocycles. The Morgan fingerprint density at radius 2 is 2.12 bits per heavy atom. The van der Waals surface area contributed by atoms with Crippen molar-refractivity contribution in [3.8, 4) is 11.6 Å². The van der Waals surface area contributed by atoms with Crippen LogP contribution in [0.1, 0.15) is 15.9 Å². The van der Waals surface area contributed by atoms with Gasteiger partial charge in [-0.2, -0.15) is 10.1 Å². The first-order chi connectivity index (χ1) is 12.0. The topological polar surface area (TPSA) is 94.0 Å². The molecule has 2 N–H and O–H groups in total. The SMILES string of the molecule is CNC(=O)c1ccc(C)c(Oc2ccnc(Nc3cnn(C)c3)n2)c1. The Labute approximate surface area is 144 Å². The first-order valence-corrected chi connectivity index (χ1v) is 7.64. The van der Waals surface area contributed by atoms with E-state index in [1.54, 1.807) is 42.3 Å². The Morgan fingerprint density at radius 1 is 1.28 bits per heavy atom. The lowest BCUT2D eigenvalue weighted by Crippen LogP contribution is -2.17. The molecule has 1 aromatic carbocycles. The number of hydrogen-bond donors (Lipinski definition) is 2. The number of nitrogens with zero attached hydrogens (tertiary/aromatic N) is 4. The van der Waals surface area contributed by atoms with Crippen LogP contribution >= 0.6 is 0 Å². The molecule has 0 bridgehead atoms. The molecule has 1 amide bonds. The van der Waals surface area contributed by atoms with Gasteiger partial charge in [0.05, 0.1) is 11.9 Å². The third kappa shape index (κ3) is 3.92. The van der Waals surface area contributed by atoms with Crippen LogP contribution in [0.5, 0.6) is 11.6 Å². The van der Waals surface area contributed by atoms with Gasteiger partial charge in [-0.25, -0.2) is 4.98 Å². The smallest absolute Gasteiger partial charge is 0.251 e. The van der Waals surface area contributed by atoms with Gasteiger partial charge >= 0.3 is 0 Å². The van der Waals surface area contributed by atoms with Crippen molar-refractivity contribution in [2.24, 2.45) is 7.05 Å². The zero-order valence-electron chi connectivity index (χ0n) is 14.1. The van der Waals surface area contributed by atoms with Crippen LogP contribution in [0.4, 0.5) is 11.6 Å². The predicted octanol–water partition coefficient (Wildman–Crippen LogP) is 2.41. The molecule has 0 spiro atoms. The average Bonchev–Trinajstić information content (AvgIpc) is 3.01.